The van der Waals surface area contributed by atoms with E-state index in [1.165, 1.54) is 4.90 Å². The van der Waals surface area contributed by atoms with E-state index in [0.717, 1.165) is 53.0 Å². The quantitative estimate of drug-likeness (QED) is 0.100. The van der Waals surface area contributed by atoms with Gasteiger partial charge in [-0.3, -0.25) is 24.0 Å². The molecule has 0 unspecified atom stereocenters. The summed E-state index contributed by atoms with van der Waals surface area (Å²) >= 11 is 1.60. The number of nitrogens with one attached hydrogen (secondary N) is 1. The minimum Gasteiger partial charge on any atom is -0.472 e. The van der Waals surface area contributed by atoms with Gasteiger partial charge in [0.25, 0.3) is 0 Å². The predicted molar refractivity (Wildman–Crippen MR) is 211 cm³/mol. The molecule has 56 heavy (non-hydrogen) atoms. The Bertz CT molecular complexity index is 2140. The summed E-state index contributed by atoms with van der Waals surface area (Å²) in [4.78, 5) is 75.2. The van der Waals surface area contributed by atoms with Crippen LogP contribution in [0.3, 0.4) is 0 Å². The fraction of sp³-hybridized carbons (Fsp3) is 0.476. The van der Waals surface area contributed by atoms with Gasteiger partial charge in [-0.25, -0.2) is 13.4 Å². The number of Topliss-reactive ketones (excluding diaryl/α,β-unsaturated/α-hetero) is 2. The van der Waals surface area contributed by atoms with Gasteiger partial charge >= 0.3 is 5.97 Å². The van der Waals surface area contributed by atoms with Crippen LogP contribution in [0.1, 0.15) is 64.2 Å². The maximum absolute atomic E-state index is 14.6. The lowest BCUT2D eigenvalue weighted by Crippen LogP contribution is -2.48. The molecule has 7 rings (SSSR count). The van der Waals surface area contributed by atoms with E-state index in [4.69, 9.17) is 9.47 Å². The molecule has 4 aliphatic rings. The molecule has 1 saturated heterocycles. The van der Waals surface area contributed by atoms with Crippen LogP contribution in [0.4, 0.5) is 0 Å². The number of allylic oxidation sites excluding steroid dienone is 1. The van der Waals surface area contributed by atoms with E-state index in [2.05, 4.69) is 23.5 Å². The standard InChI is InChI=1S/C42H47N3O9S2/c1-3-29-21-42(29,37(47)25-56(51,52)32-13-14-32)22-35(46)34-20-31(54-40-33-18-27(36-10-7-17-55-36)12-11-26(33)15-16-43-40)24-45(34)41(50)28(23-44-38(48)4-2)19-39(49)53-30-8-5-6-9-30/h3-4,7,10-12,15-18,28-32,34H,1-2,5-6,8-9,13-14,19-25H2,(H,44,48)/t28-,29-,31+,34-,42+/m0/s1. The van der Waals surface area contributed by atoms with Crippen molar-refractivity contribution in [1.82, 2.24) is 15.2 Å². The van der Waals surface area contributed by atoms with Crippen molar-refractivity contribution < 1.29 is 41.9 Å². The van der Waals surface area contributed by atoms with Gasteiger partial charge in [0.05, 0.1) is 30.2 Å². The zero-order valence-electron chi connectivity index (χ0n) is 31.2. The topological polar surface area (TPSA) is 166 Å². The average molecular weight is 802 g/mol. The summed E-state index contributed by atoms with van der Waals surface area (Å²) < 4.78 is 38.0. The Morgan fingerprint density at radius 3 is 2.52 bits per heavy atom. The molecule has 0 radical (unpaired) electrons. The summed E-state index contributed by atoms with van der Waals surface area (Å²) in [5, 5.41) is 5.74. The first-order valence-electron chi connectivity index (χ1n) is 19.3. The van der Waals surface area contributed by atoms with E-state index in [1.807, 2.05) is 41.8 Å². The second kappa shape index (κ2) is 16.4. The van der Waals surface area contributed by atoms with Gasteiger partial charge in [-0.15, -0.1) is 17.9 Å². The number of sulfone groups is 1. The number of carbonyl (C=O) groups is 5. The monoisotopic (exact) mass is 801 g/mol. The first-order valence-corrected chi connectivity index (χ1v) is 21.9. The van der Waals surface area contributed by atoms with Crippen molar-refractivity contribution in [2.45, 2.75) is 87.7 Å². The molecule has 1 aromatic carbocycles. The number of hydrogen-bond acceptors (Lipinski definition) is 11. The van der Waals surface area contributed by atoms with Crippen LogP contribution >= 0.6 is 11.3 Å². The van der Waals surface area contributed by atoms with Crippen molar-refractivity contribution >= 4 is 61.3 Å². The van der Waals surface area contributed by atoms with Crippen molar-refractivity contribution in [3.63, 3.8) is 0 Å². The molecule has 4 fully saturated rings. The third-order valence-corrected chi connectivity index (χ3v) is 14.7. The molecule has 296 valence electrons. The van der Waals surface area contributed by atoms with Crippen molar-refractivity contribution in [3.05, 3.63) is 73.3 Å². The largest absolute Gasteiger partial charge is 0.472 e. The summed E-state index contributed by atoms with van der Waals surface area (Å²) in [5.74, 6) is -4.35. The molecule has 2 amide bonds. The molecule has 14 heteroatoms. The van der Waals surface area contributed by atoms with Gasteiger partial charge in [-0.2, -0.15) is 0 Å². The van der Waals surface area contributed by atoms with Gasteiger partial charge < -0.3 is 19.7 Å². The Hall–Kier alpha value is -4.69. The van der Waals surface area contributed by atoms with Crippen molar-refractivity contribution in [3.8, 4) is 16.3 Å². The van der Waals surface area contributed by atoms with Crippen LogP contribution in [-0.2, 0) is 38.5 Å². The summed E-state index contributed by atoms with van der Waals surface area (Å²) in [6, 6.07) is 10.8. The fourth-order valence-electron chi connectivity index (χ4n) is 8.20. The molecule has 12 nitrogen and oxygen atoms in total. The zero-order chi connectivity index (χ0) is 39.6. The highest BCUT2D eigenvalue weighted by molar-refractivity contribution is 7.93. The number of ketones is 2. The lowest BCUT2D eigenvalue weighted by molar-refractivity contribution is -0.153. The summed E-state index contributed by atoms with van der Waals surface area (Å²) in [5.41, 5.74) is -0.248. The van der Waals surface area contributed by atoms with Gasteiger partial charge in [-0.1, -0.05) is 30.9 Å². The molecule has 3 aliphatic carbocycles. The van der Waals surface area contributed by atoms with Crippen molar-refractivity contribution in [1.29, 1.82) is 0 Å². The number of pyridine rings is 1. The molecule has 3 aromatic rings. The maximum atomic E-state index is 14.6. The van der Waals surface area contributed by atoms with Crippen LogP contribution in [0, 0.1) is 17.3 Å². The van der Waals surface area contributed by atoms with E-state index in [9.17, 15) is 32.4 Å². The Morgan fingerprint density at radius 1 is 1.05 bits per heavy atom. The molecular formula is C42H47N3O9S2. The van der Waals surface area contributed by atoms with E-state index in [0.29, 0.717) is 18.7 Å². The maximum Gasteiger partial charge on any atom is 0.306 e. The Labute approximate surface area is 330 Å². The number of benzene rings is 1. The second-order valence-electron chi connectivity index (χ2n) is 15.5. The van der Waals surface area contributed by atoms with Gasteiger partial charge in [0, 0.05) is 41.3 Å². The number of fused-ring (bicyclic) bond motifs is 1. The molecule has 2 aromatic heterocycles. The van der Waals surface area contributed by atoms with Crippen LogP contribution < -0.4 is 10.1 Å². The van der Waals surface area contributed by atoms with Gasteiger partial charge in [0.2, 0.25) is 17.7 Å². The van der Waals surface area contributed by atoms with Gasteiger partial charge in [-0.05, 0) is 91.5 Å². The highest BCUT2D eigenvalue weighted by Gasteiger charge is 2.61. The number of likely N-dealkylation sites (tertiary alicyclic amines) is 1. The lowest BCUT2D eigenvalue weighted by atomic mass is 9.88. The number of nitrogens with zero attached hydrogens (tertiary/aromatic N) is 2. The van der Waals surface area contributed by atoms with Gasteiger partial charge in [0.1, 0.15) is 18.0 Å². The van der Waals surface area contributed by atoms with Crippen LogP contribution in [0.15, 0.2) is 73.3 Å². The normalized spacial score (nSPS) is 24.0. The van der Waals surface area contributed by atoms with Crippen LogP contribution in [0.2, 0.25) is 0 Å². The molecule has 0 bridgehead atoms. The smallest absolute Gasteiger partial charge is 0.306 e. The number of ether oxygens (including phenoxy) is 2. The van der Waals surface area contributed by atoms with Crippen LogP contribution in [-0.4, -0.2) is 90.0 Å². The third-order valence-electron chi connectivity index (χ3n) is 11.6. The molecule has 0 spiro atoms. The highest BCUT2D eigenvalue weighted by atomic mass is 32.2. The van der Waals surface area contributed by atoms with E-state index >= 15 is 0 Å². The molecule has 1 aliphatic heterocycles. The third kappa shape index (κ3) is 8.66. The van der Waals surface area contributed by atoms with E-state index in [-0.39, 0.29) is 50.8 Å². The Morgan fingerprint density at radius 2 is 1.84 bits per heavy atom. The Kier molecular flexibility index (Phi) is 11.6. The highest BCUT2D eigenvalue weighted by Crippen LogP contribution is 2.57. The molecule has 5 atom stereocenters. The molecule has 3 heterocycles. The van der Waals surface area contributed by atoms with Crippen LogP contribution in [0.5, 0.6) is 5.88 Å². The number of thiophene rings is 1. The minimum absolute atomic E-state index is 0.0383. The number of aromatic nitrogens is 1. The number of carbonyl (C=O) groups excluding carboxylic acids is 5. The first kappa shape index (κ1) is 39.5. The fourth-order valence-corrected chi connectivity index (χ4v) is 10.7. The number of hydrogen-bond donors (Lipinski definition) is 1. The molecule has 1 N–H and O–H groups in total. The van der Waals surface area contributed by atoms with Crippen molar-refractivity contribution in [2.24, 2.45) is 17.3 Å². The molecular weight excluding hydrogens is 755 g/mol. The minimum atomic E-state index is -3.64. The van der Waals surface area contributed by atoms with E-state index < -0.39 is 73.7 Å². The van der Waals surface area contributed by atoms with Crippen molar-refractivity contribution in [2.75, 3.05) is 18.8 Å². The summed E-state index contributed by atoms with van der Waals surface area (Å²) in [7, 11) is -3.64. The van der Waals surface area contributed by atoms with E-state index in [1.54, 1.807) is 23.6 Å². The van der Waals surface area contributed by atoms with Gasteiger partial charge in [0.15, 0.2) is 21.4 Å². The van der Waals surface area contributed by atoms with Crippen LogP contribution in [0.25, 0.3) is 21.2 Å². The SMILES string of the molecule is C=CC(=O)NC[C@H](CC(=O)OC1CCCC1)C(=O)N1C[C@H](Oc2nccc3ccc(-c4cccs4)cc23)C[C@H]1C(=O)C[C@]1(C(=O)CS(=O)(=O)C2CC2)C[C@@H]1C=C. The Balaban J connectivity index is 1.17. The predicted octanol–water partition coefficient (Wildman–Crippen LogP) is 5.40. The molecule has 3 saturated carbocycles. The lowest BCUT2D eigenvalue weighted by Gasteiger charge is -2.29. The summed E-state index contributed by atoms with van der Waals surface area (Å²) in [6.45, 7) is 7.08. The number of esters is 1. The summed E-state index contributed by atoms with van der Waals surface area (Å²) in [6.07, 6.45) is 7.51. The average Bonchev–Trinajstić information content (AvgIpc) is 3.94. The number of amides is 2. The zero-order valence-corrected chi connectivity index (χ0v) is 32.9. The second-order valence-corrected chi connectivity index (χ2v) is 18.8. The number of rotatable bonds is 18. The first-order chi connectivity index (χ1) is 26.9.